The minimum absolute atomic E-state index is 0.322. The van der Waals surface area contributed by atoms with Crippen LogP contribution < -0.4 is 10.2 Å². The molecule has 5 nitrogen and oxygen atoms in total. The molecule has 1 fully saturated rings. The molecular formula is C16H13F5N2O3S. The lowest BCUT2D eigenvalue weighted by Crippen LogP contribution is -2.46. The first kappa shape index (κ1) is 19.5. The van der Waals surface area contributed by atoms with E-state index in [2.05, 4.69) is 4.98 Å². The van der Waals surface area contributed by atoms with E-state index in [1.165, 1.54) is 18.3 Å². The quantitative estimate of drug-likeness (QED) is 0.453. The van der Waals surface area contributed by atoms with Gasteiger partial charge >= 0.3 is 0 Å². The fourth-order valence-electron chi connectivity index (χ4n) is 3.02. The molecule has 0 bridgehead atoms. The van der Waals surface area contributed by atoms with Crippen molar-refractivity contribution in [3.63, 3.8) is 0 Å². The molecule has 3 rings (SSSR count). The van der Waals surface area contributed by atoms with Crippen LogP contribution >= 0.6 is 0 Å². The van der Waals surface area contributed by atoms with Crippen LogP contribution in [0.2, 0.25) is 0 Å². The van der Waals surface area contributed by atoms with Gasteiger partial charge in [0.25, 0.3) is 0 Å². The van der Waals surface area contributed by atoms with E-state index in [4.69, 9.17) is 0 Å². The topological polar surface area (TPSA) is 79.0 Å². The van der Waals surface area contributed by atoms with Crippen molar-refractivity contribution in [1.82, 2.24) is 9.71 Å². The van der Waals surface area contributed by atoms with Crippen LogP contribution in [0.15, 0.2) is 28.0 Å². The van der Waals surface area contributed by atoms with Crippen molar-refractivity contribution in [2.24, 2.45) is 0 Å². The monoisotopic (exact) mass is 408 g/mol. The Morgan fingerprint density at radius 1 is 1.00 bits per heavy atom. The molecule has 2 aromatic rings. The largest absolute Gasteiger partial charge is 0.364 e. The minimum Gasteiger partial charge on any atom is -0.364 e. The number of hydrogen-bond donors (Lipinski definition) is 2. The van der Waals surface area contributed by atoms with Gasteiger partial charge in [0.05, 0.1) is 0 Å². The van der Waals surface area contributed by atoms with Crippen molar-refractivity contribution >= 4 is 10.0 Å². The highest BCUT2D eigenvalue weighted by molar-refractivity contribution is 7.89. The van der Waals surface area contributed by atoms with Gasteiger partial charge < -0.3 is 4.98 Å². The number of hydrogen-bond acceptors (Lipinski definition) is 3. The molecule has 0 atom stereocenters. The van der Waals surface area contributed by atoms with Crippen molar-refractivity contribution in [2.75, 3.05) is 6.54 Å². The second-order valence-corrected chi connectivity index (χ2v) is 8.00. The van der Waals surface area contributed by atoms with Gasteiger partial charge in [-0.15, -0.1) is 0 Å². The smallest absolute Gasteiger partial charge is 0.246 e. The van der Waals surface area contributed by atoms with Crippen LogP contribution in [0, 0.1) is 29.1 Å². The highest BCUT2D eigenvalue weighted by atomic mass is 32.2. The number of nitrogens with one attached hydrogen (secondary N) is 2. The summed E-state index contributed by atoms with van der Waals surface area (Å²) < 4.78 is 93.7. The van der Waals surface area contributed by atoms with Gasteiger partial charge in [-0.25, -0.2) is 35.1 Å². The third-order valence-corrected chi connectivity index (χ3v) is 6.11. The minimum atomic E-state index is -5.05. The molecule has 146 valence electrons. The van der Waals surface area contributed by atoms with Crippen molar-refractivity contribution < 1.29 is 30.4 Å². The maximum absolute atomic E-state index is 13.8. The van der Waals surface area contributed by atoms with E-state index in [-0.39, 0.29) is 12.0 Å². The summed E-state index contributed by atoms with van der Waals surface area (Å²) in [6.07, 6.45) is 3.01. The Bertz CT molecular complexity index is 1040. The van der Waals surface area contributed by atoms with Crippen LogP contribution in [0.5, 0.6) is 0 Å². The third kappa shape index (κ3) is 3.25. The Kier molecular flexibility index (Phi) is 4.85. The molecule has 1 aromatic heterocycles. The second kappa shape index (κ2) is 6.71. The molecule has 2 N–H and O–H groups in total. The summed E-state index contributed by atoms with van der Waals surface area (Å²) in [4.78, 5) is 12.4. The summed E-state index contributed by atoms with van der Waals surface area (Å²) in [5, 5.41) is 0. The number of rotatable bonds is 5. The molecule has 0 unspecified atom stereocenters. The third-order valence-electron chi connectivity index (χ3n) is 4.69. The highest BCUT2D eigenvalue weighted by Crippen LogP contribution is 2.42. The second-order valence-electron chi connectivity index (χ2n) is 6.30. The van der Waals surface area contributed by atoms with E-state index in [1.807, 2.05) is 4.72 Å². The number of aromatic nitrogens is 1. The van der Waals surface area contributed by atoms with Crippen molar-refractivity contribution in [3.05, 3.63) is 63.3 Å². The van der Waals surface area contributed by atoms with Gasteiger partial charge in [-0.3, -0.25) is 4.79 Å². The molecule has 0 radical (unpaired) electrons. The summed E-state index contributed by atoms with van der Waals surface area (Å²) in [6, 6.07) is 2.53. The van der Waals surface area contributed by atoms with E-state index in [0.717, 1.165) is 0 Å². The van der Waals surface area contributed by atoms with Gasteiger partial charge in [0.2, 0.25) is 15.8 Å². The van der Waals surface area contributed by atoms with Crippen LogP contribution in [-0.2, 0) is 15.4 Å². The van der Waals surface area contributed by atoms with Gasteiger partial charge in [-0.1, -0.05) is 6.42 Å². The standard InChI is InChI=1S/C16H13F5N2O3S/c17-10-11(18)13(20)15(14(21)12(10)19)27(25,26)23-7-16(3-1-4-16)9-6-8(24)2-5-22-9/h2,5-6,23H,1,3-4,7H2,(H,22,24). The van der Waals surface area contributed by atoms with E-state index in [9.17, 15) is 35.2 Å². The molecule has 0 amide bonds. The zero-order valence-corrected chi connectivity index (χ0v) is 14.4. The van der Waals surface area contributed by atoms with E-state index < -0.39 is 49.4 Å². The Morgan fingerprint density at radius 3 is 2.04 bits per heavy atom. The lowest BCUT2D eigenvalue weighted by molar-refractivity contribution is 0.238. The zero-order chi connectivity index (χ0) is 20.0. The van der Waals surface area contributed by atoms with E-state index in [1.54, 1.807) is 0 Å². The first-order valence-electron chi connectivity index (χ1n) is 7.79. The van der Waals surface area contributed by atoms with Crippen molar-refractivity contribution in [3.8, 4) is 0 Å². The number of H-pyrrole nitrogens is 1. The fourth-order valence-corrected chi connectivity index (χ4v) is 4.28. The summed E-state index contributed by atoms with van der Waals surface area (Å²) in [7, 11) is -5.05. The Morgan fingerprint density at radius 2 is 1.56 bits per heavy atom. The molecule has 1 aliphatic rings. The van der Waals surface area contributed by atoms with Crippen molar-refractivity contribution in [1.29, 1.82) is 0 Å². The van der Waals surface area contributed by atoms with Gasteiger partial charge in [-0.05, 0) is 12.8 Å². The van der Waals surface area contributed by atoms with Gasteiger partial charge in [0.1, 0.15) is 0 Å². The number of benzene rings is 1. The maximum Gasteiger partial charge on any atom is 0.246 e. The van der Waals surface area contributed by atoms with Crippen LogP contribution in [0.3, 0.4) is 0 Å². The van der Waals surface area contributed by atoms with Crippen LogP contribution in [0.4, 0.5) is 22.0 Å². The SMILES string of the molecule is O=c1cc[nH]c(C2(CNS(=O)(=O)c3c(F)c(F)c(F)c(F)c3F)CCC2)c1. The van der Waals surface area contributed by atoms with Crippen LogP contribution in [0.25, 0.3) is 0 Å². The summed E-state index contributed by atoms with van der Waals surface area (Å²) in [5.41, 5.74) is -0.739. The first-order valence-corrected chi connectivity index (χ1v) is 9.28. The predicted molar refractivity (Wildman–Crippen MR) is 84.0 cm³/mol. The number of sulfonamides is 1. The molecule has 1 saturated carbocycles. The average Bonchev–Trinajstić information content (AvgIpc) is 2.57. The fraction of sp³-hybridized carbons (Fsp3) is 0.312. The zero-order valence-electron chi connectivity index (χ0n) is 13.6. The van der Waals surface area contributed by atoms with Crippen molar-refractivity contribution in [2.45, 2.75) is 29.6 Å². The van der Waals surface area contributed by atoms with Crippen LogP contribution in [-0.4, -0.2) is 19.9 Å². The molecule has 1 heterocycles. The Labute approximate surface area is 150 Å². The van der Waals surface area contributed by atoms with E-state index in [0.29, 0.717) is 25.0 Å². The lowest BCUT2D eigenvalue weighted by atomic mass is 9.66. The molecule has 1 aromatic carbocycles. The van der Waals surface area contributed by atoms with Gasteiger partial charge in [-0.2, -0.15) is 0 Å². The molecule has 0 spiro atoms. The number of halogens is 5. The summed E-state index contributed by atoms with van der Waals surface area (Å²) >= 11 is 0. The molecule has 11 heteroatoms. The molecule has 1 aliphatic carbocycles. The number of pyridine rings is 1. The normalized spacial score (nSPS) is 16.2. The molecule has 27 heavy (non-hydrogen) atoms. The summed E-state index contributed by atoms with van der Waals surface area (Å²) in [5.74, 6) is -12.0. The van der Waals surface area contributed by atoms with E-state index >= 15 is 0 Å². The van der Waals surface area contributed by atoms with Gasteiger partial charge in [0, 0.05) is 36.0 Å². The Balaban J connectivity index is 1.95. The predicted octanol–water partition coefficient (Wildman–Crippen LogP) is 2.47. The summed E-state index contributed by atoms with van der Waals surface area (Å²) in [6.45, 7) is -0.380. The van der Waals surface area contributed by atoms with Crippen LogP contribution in [0.1, 0.15) is 25.0 Å². The maximum atomic E-state index is 13.8. The molecule has 0 aliphatic heterocycles. The van der Waals surface area contributed by atoms with Gasteiger partial charge in [0.15, 0.2) is 33.6 Å². The average molecular weight is 408 g/mol. The number of aromatic amines is 1. The Hall–Kier alpha value is -2.27. The highest BCUT2D eigenvalue weighted by Gasteiger charge is 2.42. The molecular weight excluding hydrogens is 395 g/mol. The first-order chi connectivity index (χ1) is 12.6. The lowest BCUT2D eigenvalue weighted by Gasteiger charge is -2.41. The molecule has 0 saturated heterocycles.